The maximum Gasteiger partial charge on any atom is 0.326 e. The van der Waals surface area contributed by atoms with Gasteiger partial charge in [-0.3, -0.25) is 10.1 Å². The van der Waals surface area contributed by atoms with Crippen molar-refractivity contribution in [2.75, 3.05) is 17.2 Å². The Kier molecular flexibility index (Phi) is 3.48. The van der Waals surface area contributed by atoms with Crippen LogP contribution in [0.3, 0.4) is 0 Å². The zero-order valence-electron chi connectivity index (χ0n) is 9.88. The van der Waals surface area contributed by atoms with Crippen LogP contribution in [-0.2, 0) is 4.79 Å². The molecule has 0 spiro atoms. The van der Waals surface area contributed by atoms with Gasteiger partial charge >= 0.3 is 5.97 Å². The summed E-state index contributed by atoms with van der Waals surface area (Å²) >= 11 is 6.00. The van der Waals surface area contributed by atoms with Crippen LogP contribution in [0, 0.1) is 10.1 Å². The third-order valence-corrected chi connectivity index (χ3v) is 3.44. The summed E-state index contributed by atoms with van der Waals surface area (Å²) in [4.78, 5) is 22.9. The topological polar surface area (TPSA) is 110 Å². The van der Waals surface area contributed by atoms with E-state index in [0.717, 1.165) is 12.5 Å². The first kappa shape index (κ1) is 13.4. The van der Waals surface area contributed by atoms with E-state index < -0.39 is 16.9 Å². The summed E-state index contributed by atoms with van der Waals surface area (Å²) in [7, 11) is 0. The number of halogens is 1. The fourth-order valence-electron chi connectivity index (χ4n) is 2.26. The van der Waals surface area contributed by atoms with Crippen molar-refractivity contribution in [3.63, 3.8) is 0 Å². The van der Waals surface area contributed by atoms with Crippen molar-refractivity contribution in [3.8, 4) is 0 Å². The maximum atomic E-state index is 11.1. The van der Waals surface area contributed by atoms with Crippen LogP contribution < -0.4 is 10.6 Å². The van der Waals surface area contributed by atoms with E-state index in [9.17, 15) is 14.9 Å². The number of anilines is 2. The third-order valence-electron chi connectivity index (χ3n) is 3.14. The molecular weight excluding hydrogens is 274 g/mol. The number of benzene rings is 1. The number of carboxylic acid groups (broad SMARTS) is 1. The summed E-state index contributed by atoms with van der Waals surface area (Å²) in [6.07, 6.45) is 1.24. The quantitative estimate of drug-likeness (QED) is 0.498. The van der Waals surface area contributed by atoms with E-state index in [2.05, 4.69) is 0 Å². The molecule has 0 bridgehead atoms. The maximum absolute atomic E-state index is 11.1. The molecule has 1 fully saturated rings. The molecule has 0 amide bonds. The monoisotopic (exact) mass is 285 g/mol. The smallest absolute Gasteiger partial charge is 0.326 e. The number of carboxylic acids is 1. The highest BCUT2D eigenvalue weighted by atomic mass is 35.5. The van der Waals surface area contributed by atoms with Crippen LogP contribution in [0.25, 0.3) is 0 Å². The van der Waals surface area contributed by atoms with Crippen LogP contribution >= 0.6 is 11.6 Å². The van der Waals surface area contributed by atoms with Gasteiger partial charge in [0.15, 0.2) is 0 Å². The summed E-state index contributed by atoms with van der Waals surface area (Å²) in [5.74, 6) is -0.939. The number of aliphatic carboxylic acids is 1. The lowest BCUT2D eigenvalue weighted by Gasteiger charge is -2.24. The minimum Gasteiger partial charge on any atom is -0.480 e. The predicted molar refractivity (Wildman–Crippen MR) is 70.5 cm³/mol. The first-order chi connectivity index (χ1) is 8.91. The number of carbonyl (C=O) groups is 1. The van der Waals surface area contributed by atoms with Gasteiger partial charge in [0.05, 0.1) is 15.6 Å². The highest BCUT2D eigenvalue weighted by Gasteiger charge is 2.32. The number of nitrogen functional groups attached to an aromatic ring is 1. The van der Waals surface area contributed by atoms with Crippen molar-refractivity contribution < 1.29 is 14.8 Å². The number of nitro groups is 1. The van der Waals surface area contributed by atoms with Gasteiger partial charge in [0.2, 0.25) is 0 Å². The zero-order chi connectivity index (χ0) is 14.2. The van der Waals surface area contributed by atoms with E-state index in [-0.39, 0.29) is 16.4 Å². The van der Waals surface area contributed by atoms with Gasteiger partial charge in [0.1, 0.15) is 11.7 Å². The van der Waals surface area contributed by atoms with Gasteiger partial charge in [0, 0.05) is 12.6 Å². The predicted octanol–water partition coefficient (Wildman–Crippen LogP) is 1.88. The summed E-state index contributed by atoms with van der Waals surface area (Å²) in [5, 5.41) is 20.0. The van der Waals surface area contributed by atoms with Crippen molar-refractivity contribution in [1.29, 1.82) is 0 Å². The van der Waals surface area contributed by atoms with Crippen LogP contribution in [0.1, 0.15) is 12.8 Å². The standard InChI is InChI=1S/C11H12ClN3O4/c12-6-4-10(15(18)19)7(13)5-9(6)14-3-1-2-8(14)11(16)17/h4-5,8H,1-3,13H2,(H,16,17)/t8-/m1/s1. The van der Waals surface area contributed by atoms with Crippen molar-refractivity contribution in [3.05, 3.63) is 27.3 Å². The largest absolute Gasteiger partial charge is 0.480 e. The first-order valence-corrected chi connectivity index (χ1v) is 6.02. The second-order valence-corrected chi connectivity index (χ2v) is 4.72. The van der Waals surface area contributed by atoms with Gasteiger partial charge in [-0.15, -0.1) is 0 Å². The molecule has 19 heavy (non-hydrogen) atoms. The molecule has 1 aliphatic heterocycles. The molecule has 1 aliphatic rings. The molecule has 0 saturated carbocycles. The van der Waals surface area contributed by atoms with E-state index in [1.54, 1.807) is 4.90 Å². The number of hydrogen-bond donors (Lipinski definition) is 2. The summed E-state index contributed by atoms with van der Waals surface area (Å²) in [6.45, 7) is 0.536. The van der Waals surface area contributed by atoms with E-state index in [1.165, 1.54) is 6.07 Å². The Labute approximate surface area is 113 Å². The van der Waals surface area contributed by atoms with Gasteiger partial charge in [0.25, 0.3) is 5.69 Å². The second kappa shape index (κ2) is 4.93. The molecule has 2 rings (SSSR count). The summed E-state index contributed by atoms with van der Waals surface area (Å²) < 4.78 is 0. The molecule has 7 nitrogen and oxygen atoms in total. The molecule has 1 saturated heterocycles. The minimum atomic E-state index is -0.939. The van der Waals surface area contributed by atoms with Crippen LogP contribution in [-0.4, -0.2) is 28.6 Å². The Bertz CT molecular complexity index is 549. The van der Waals surface area contributed by atoms with Gasteiger partial charge in [-0.1, -0.05) is 11.6 Å². The van der Waals surface area contributed by atoms with Crippen molar-refractivity contribution in [1.82, 2.24) is 0 Å². The highest BCUT2D eigenvalue weighted by molar-refractivity contribution is 6.33. The lowest BCUT2D eigenvalue weighted by molar-refractivity contribution is -0.383. The van der Waals surface area contributed by atoms with Gasteiger partial charge in [-0.05, 0) is 18.9 Å². The average Bonchev–Trinajstić information content (AvgIpc) is 2.80. The Hall–Kier alpha value is -2.02. The molecule has 1 aromatic carbocycles. The van der Waals surface area contributed by atoms with Gasteiger partial charge in [-0.25, -0.2) is 4.79 Å². The second-order valence-electron chi connectivity index (χ2n) is 4.31. The van der Waals surface area contributed by atoms with Crippen LogP contribution in [0.15, 0.2) is 12.1 Å². The third kappa shape index (κ3) is 2.41. The van der Waals surface area contributed by atoms with E-state index in [0.29, 0.717) is 18.7 Å². The normalized spacial score (nSPS) is 18.6. The van der Waals surface area contributed by atoms with Crippen LogP contribution in [0.2, 0.25) is 5.02 Å². The van der Waals surface area contributed by atoms with Crippen LogP contribution in [0.4, 0.5) is 17.1 Å². The lowest BCUT2D eigenvalue weighted by atomic mass is 10.2. The van der Waals surface area contributed by atoms with Crippen molar-refractivity contribution in [2.24, 2.45) is 0 Å². The highest BCUT2D eigenvalue weighted by Crippen LogP contribution is 2.37. The lowest BCUT2D eigenvalue weighted by Crippen LogP contribution is -2.36. The summed E-state index contributed by atoms with van der Waals surface area (Å²) in [6, 6.07) is 1.85. The van der Waals surface area contributed by atoms with Gasteiger partial charge < -0.3 is 15.7 Å². The molecule has 0 aliphatic carbocycles. The molecule has 102 valence electrons. The van der Waals surface area contributed by atoms with Crippen molar-refractivity contribution >= 4 is 34.6 Å². The van der Waals surface area contributed by atoms with E-state index in [4.69, 9.17) is 22.4 Å². The number of hydrogen-bond acceptors (Lipinski definition) is 5. The number of nitrogens with zero attached hydrogens (tertiary/aromatic N) is 2. The molecular formula is C11H12ClN3O4. The molecule has 8 heteroatoms. The van der Waals surface area contributed by atoms with E-state index in [1.807, 2.05) is 0 Å². The van der Waals surface area contributed by atoms with Crippen LogP contribution in [0.5, 0.6) is 0 Å². The zero-order valence-corrected chi connectivity index (χ0v) is 10.6. The fraction of sp³-hybridized carbons (Fsp3) is 0.364. The number of rotatable bonds is 3. The van der Waals surface area contributed by atoms with Gasteiger partial charge in [-0.2, -0.15) is 0 Å². The Morgan fingerprint density at radius 3 is 2.84 bits per heavy atom. The first-order valence-electron chi connectivity index (χ1n) is 5.64. The van der Waals surface area contributed by atoms with E-state index >= 15 is 0 Å². The minimum absolute atomic E-state index is 0.0274. The average molecular weight is 286 g/mol. The molecule has 0 unspecified atom stereocenters. The fourth-order valence-corrected chi connectivity index (χ4v) is 2.52. The SMILES string of the molecule is Nc1cc(N2CCC[C@@H]2C(=O)O)c(Cl)cc1[N+](=O)[O-]. The van der Waals surface area contributed by atoms with Crippen molar-refractivity contribution in [2.45, 2.75) is 18.9 Å². The summed E-state index contributed by atoms with van der Waals surface area (Å²) in [5.41, 5.74) is 5.73. The molecule has 0 radical (unpaired) electrons. The Morgan fingerprint density at radius 1 is 1.58 bits per heavy atom. The molecule has 1 atom stereocenters. The molecule has 0 aromatic heterocycles. The number of nitrogens with two attached hydrogens (primary N) is 1. The Balaban J connectivity index is 2.43. The number of nitro benzene ring substituents is 1. The Morgan fingerprint density at radius 2 is 2.26 bits per heavy atom. The molecule has 1 heterocycles. The molecule has 1 aromatic rings. The molecule has 3 N–H and O–H groups in total.